The highest BCUT2D eigenvalue weighted by molar-refractivity contribution is 6.03. The molecule has 1 aromatic carbocycles. The number of imidazole rings is 1. The molecule has 0 radical (unpaired) electrons. The number of ether oxygens (including phenoxy) is 2. The molecule has 3 aliphatic rings. The molecular weight excluding hydrogens is 492 g/mol. The van der Waals surface area contributed by atoms with E-state index < -0.39 is 6.09 Å². The first-order chi connectivity index (χ1) is 19.1. The lowest BCUT2D eigenvalue weighted by Gasteiger charge is -2.23. The van der Waals surface area contributed by atoms with Crippen LogP contribution in [0.1, 0.15) is 43.5 Å². The third kappa shape index (κ3) is 5.13. The van der Waals surface area contributed by atoms with Gasteiger partial charge in [0.2, 0.25) is 5.88 Å². The minimum atomic E-state index is -0.464. The van der Waals surface area contributed by atoms with Gasteiger partial charge in [-0.25, -0.2) is 19.7 Å². The van der Waals surface area contributed by atoms with E-state index in [1.54, 1.807) is 6.20 Å². The lowest BCUT2D eigenvalue weighted by atomic mass is 9.94. The first kappa shape index (κ1) is 23.9. The van der Waals surface area contributed by atoms with E-state index in [-0.39, 0.29) is 11.5 Å². The second-order valence-electron chi connectivity index (χ2n) is 11.0. The van der Waals surface area contributed by atoms with Crippen LogP contribution in [0.5, 0.6) is 5.88 Å². The minimum Gasteiger partial charge on any atom is -0.474 e. The molecule has 0 saturated heterocycles. The number of anilines is 2. The molecule has 200 valence electrons. The second kappa shape index (κ2) is 9.87. The summed E-state index contributed by atoms with van der Waals surface area (Å²) in [7, 11) is 0. The van der Waals surface area contributed by atoms with E-state index in [2.05, 4.69) is 42.4 Å². The zero-order valence-electron chi connectivity index (χ0n) is 21.8. The summed E-state index contributed by atoms with van der Waals surface area (Å²) in [5.74, 6) is 3.05. The van der Waals surface area contributed by atoms with Crippen LogP contribution in [0.4, 0.5) is 16.3 Å². The number of pyridine rings is 2. The molecule has 2 atom stereocenters. The van der Waals surface area contributed by atoms with Gasteiger partial charge in [0.15, 0.2) is 0 Å². The Morgan fingerprint density at radius 3 is 2.90 bits per heavy atom. The number of carbonyl (C=O) groups is 1. The van der Waals surface area contributed by atoms with E-state index in [0.29, 0.717) is 24.8 Å². The van der Waals surface area contributed by atoms with Gasteiger partial charge in [-0.1, -0.05) is 31.0 Å². The summed E-state index contributed by atoms with van der Waals surface area (Å²) in [6.45, 7) is 2.07. The summed E-state index contributed by atoms with van der Waals surface area (Å²) in [6, 6.07) is 11.9. The highest BCUT2D eigenvalue weighted by Gasteiger charge is 2.57. The smallest absolute Gasteiger partial charge is 0.412 e. The second-order valence-corrected chi connectivity index (χ2v) is 11.0. The van der Waals surface area contributed by atoms with E-state index >= 15 is 0 Å². The van der Waals surface area contributed by atoms with Crippen LogP contribution in [0.3, 0.4) is 0 Å². The van der Waals surface area contributed by atoms with Crippen molar-refractivity contribution >= 4 is 28.4 Å². The Hall–Kier alpha value is -4.14. The predicted molar refractivity (Wildman–Crippen MR) is 148 cm³/mol. The van der Waals surface area contributed by atoms with Crippen molar-refractivity contribution in [3.05, 3.63) is 72.6 Å². The van der Waals surface area contributed by atoms with Gasteiger partial charge in [0.05, 0.1) is 6.61 Å². The molecule has 4 aromatic rings. The molecule has 2 aliphatic carbocycles. The monoisotopic (exact) mass is 524 g/mol. The summed E-state index contributed by atoms with van der Waals surface area (Å²) in [5, 5.41) is 8.13. The molecule has 2 saturated carbocycles. The maximum Gasteiger partial charge on any atom is 0.412 e. The number of fused-ring (bicyclic) bond motifs is 2. The normalized spacial score (nSPS) is 21.4. The molecule has 3 aromatic heterocycles. The third-order valence-electron chi connectivity index (χ3n) is 8.30. The van der Waals surface area contributed by atoms with Crippen LogP contribution in [0, 0.1) is 11.3 Å². The molecule has 7 rings (SSSR count). The van der Waals surface area contributed by atoms with Gasteiger partial charge in [-0.05, 0) is 42.9 Å². The van der Waals surface area contributed by atoms with Crippen LogP contribution in [-0.2, 0) is 24.2 Å². The van der Waals surface area contributed by atoms with Gasteiger partial charge >= 0.3 is 6.09 Å². The third-order valence-corrected chi connectivity index (χ3v) is 8.30. The molecule has 2 N–H and O–H groups in total. The number of hydrogen-bond donors (Lipinski definition) is 2. The molecule has 9 nitrogen and oxygen atoms in total. The van der Waals surface area contributed by atoms with Gasteiger partial charge in [0.25, 0.3) is 0 Å². The molecule has 39 heavy (non-hydrogen) atoms. The van der Waals surface area contributed by atoms with Crippen LogP contribution >= 0.6 is 0 Å². The largest absolute Gasteiger partial charge is 0.474 e. The van der Waals surface area contributed by atoms with Crippen LogP contribution < -0.4 is 15.4 Å². The highest BCUT2D eigenvalue weighted by atomic mass is 16.5. The van der Waals surface area contributed by atoms with E-state index in [0.717, 1.165) is 66.0 Å². The maximum atomic E-state index is 12.3. The number of carbonyl (C=O) groups excluding carboxylic acids is 1. The molecule has 0 bridgehead atoms. The first-order valence-corrected chi connectivity index (χ1v) is 13.8. The summed E-state index contributed by atoms with van der Waals surface area (Å²) >= 11 is 0. The summed E-state index contributed by atoms with van der Waals surface area (Å²) < 4.78 is 13.8. The van der Waals surface area contributed by atoms with E-state index in [1.165, 1.54) is 12.8 Å². The summed E-state index contributed by atoms with van der Waals surface area (Å²) in [6.07, 6.45) is 13.9. The SMILES string of the molecule is O=C(Nc1nccc2c(NCc3ccc(OC4CC45CCn4ccnc4C5)nc3)cccc12)OCCC1CC1. The van der Waals surface area contributed by atoms with Crippen molar-refractivity contribution in [3.8, 4) is 5.88 Å². The topological polar surface area (TPSA) is 103 Å². The lowest BCUT2D eigenvalue weighted by Crippen LogP contribution is -2.25. The van der Waals surface area contributed by atoms with Crippen molar-refractivity contribution in [3.63, 3.8) is 0 Å². The molecule has 1 spiro atoms. The van der Waals surface area contributed by atoms with Crippen molar-refractivity contribution in [1.82, 2.24) is 19.5 Å². The Labute approximate surface area is 227 Å². The Bertz CT molecular complexity index is 1500. The number of amides is 1. The number of aryl methyl sites for hydroxylation is 1. The molecule has 1 aliphatic heterocycles. The van der Waals surface area contributed by atoms with Crippen molar-refractivity contribution in [2.24, 2.45) is 11.3 Å². The molecule has 4 heterocycles. The first-order valence-electron chi connectivity index (χ1n) is 13.8. The van der Waals surface area contributed by atoms with Crippen molar-refractivity contribution in [2.45, 2.75) is 57.7 Å². The Balaban J connectivity index is 0.955. The average Bonchev–Trinajstić information content (AvgIpc) is 3.84. The van der Waals surface area contributed by atoms with Crippen molar-refractivity contribution in [1.29, 1.82) is 0 Å². The Morgan fingerprint density at radius 2 is 2.03 bits per heavy atom. The molecule has 2 unspecified atom stereocenters. The number of rotatable bonds is 9. The number of nitrogens with zero attached hydrogens (tertiary/aromatic N) is 4. The fraction of sp³-hybridized carbons (Fsp3) is 0.400. The van der Waals surface area contributed by atoms with Gasteiger partial charge in [-0.15, -0.1) is 0 Å². The van der Waals surface area contributed by atoms with Crippen molar-refractivity contribution in [2.75, 3.05) is 17.2 Å². The van der Waals surface area contributed by atoms with E-state index in [1.807, 2.05) is 42.7 Å². The van der Waals surface area contributed by atoms with Crippen LogP contribution in [0.15, 0.2) is 61.2 Å². The summed E-state index contributed by atoms with van der Waals surface area (Å²) in [4.78, 5) is 25.7. The number of benzene rings is 1. The minimum absolute atomic E-state index is 0.210. The zero-order chi connectivity index (χ0) is 26.2. The van der Waals surface area contributed by atoms with E-state index in [4.69, 9.17) is 9.47 Å². The molecule has 1 amide bonds. The van der Waals surface area contributed by atoms with Crippen LogP contribution in [0.25, 0.3) is 10.8 Å². The summed E-state index contributed by atoms with van der Waals surface area (Å²) in [5.41, 5.74) is 2.22. The predicted octanol–water partition coefficient (Wildman–Crippen LogP) is 5.57. The van der Waals surface area contributed by atoms with Gasteiger partial charge in [-0.3, -0.25) is 5.32 Å². The van der Waals surface area contributed by atoms with Gasteiger partial charge in [-0.2, -0.15) is 0 Å². The van der Waals surface area contributed by atoms with Crippen LogP contribution in [-0.4, -0.2) is 38.3 Å². The lowest BCUT2D eigenvalue weighted by molar-refractivity contribution is 0.158. The Kier molecular flexibility index (Phi) is 6.06. The van der Waals surface area contributed by atoms with Crippen LogP contribution in [0.2, 0.25) is 0 Å². The fourth-order valence-corrected chi connectivity index (χ4v) is 5.63. The fourth-order valence-electron chi connectivity index (χ4n) is 5.63. The number of hydrogen-bond acceptors (Lipinski definition) is 7. The average molecular weight is 525 g/mol. The number of aromatic nitrogens is 4. The maximum absolute atomic E-state index is 12.3. The molecule has 9 heteroatoms. The number of nitrogens with one attached hydrogen (secondary N) is 2. The van der Waals surface area contributed by atoms with Crippen molar-refractivity contribution < 1.29 is 14.3 Å². The zero-order valence-corrected chi connectivity index (χ0v) is 21.8. The standard InChI is InChI=1S/C30H32N6O3/c37-29(38-15-9-20-4-5-20)35-28-23-2-1-3-24(22(23)8-11-32-28)33-18-21-6-7-27(34-19-21)39-25-16-30(25)10-13-36-14-12-31-26(36)17-30/h1-3,6-8,11-12,14,19-20,25,33H,4-5,9-10,13,15-18H2,(H,32,35,37). The quantitative estimate of drug-likeness (QED) is 0.295. The highest BCUT2D eigenvalue weighted by Crippen LogP contribution is 2.55. The molecule has 2 fully saturated rings. The van der Waals surface area contributed by atoms with Gasteiger partial charge in [0.1, 0.15) is 17.7 Å². The Morgan fingerprint density at radius 1 is 1.08 bits per heavy atom. The van der Waals surface area contributed by atoms with Gasteiger partial charge < -0.3 is 19.4 Å². The van der Waals surface area contributed by atoms with E-state index in [9.17, 15) is 4.79 Å². The van der Waals surface area contributed by atoms with Gasteiger partial charge in [0, 0.05) is 72.2 Å². The molecular formula is C30H32N6O3.